The van der Waals surface area contributed by atoms with Crippen LogP contribution in [0.3, 0.4) is 0 Å². The van der Waals surface area contributed by atoms with E-state index in [2.05, 4.69) is 47.5 Å². The van der Waals surface area contributed by atoms with E-state index in [0.717, 1.165) is 37.8 Å². The second kappa shape index (κ2) is 8.49. The van der Waals surface area contributed by atoms with E-state index in [-0.39, 0.29) is 0 Å². The van der Waals surface area contributed by atoms with Crippen molar-refractivity contribution in [3.63, 3.8) is 0 Å². The molecule has 0 radical (unpaired) electrons. The standard InChI is InChI=1S/C16H31N5/c1-14(2)11-17-12-16-13-21(19-18-16)10-9-20-7-4-5-15(3)6-8-20/h13-15,17H,4-12H2,1-3H3. The monoisotopic (exact) mass is 293 g/mol. The molecule has 1 aromatic heterocycles. The minimum atomic E-state index is 0.672. The molecule has 0 spiro atoms. The lowest BCUT2D eigenvalue weighted by Crippen LogP contribution is -2.28. The van der Waals surface area contributed by atoms with Crippen LogP contribution >= 0.6 is 0 Å². The third-order valence-electron chi connectivity index (χ3n) is 4.20. The van der Waals surface area contributed by atoms with Gasteiger partial charge in [-0.2, -0.15) is 0 Å². The van der Waals surface area contributed by atoms with Crippen LogP contribution in [-0.2, 0) is 13.1 Å². The van der Waals surface area contributed by atoms with Crippen LogP contribution in [0, 0.1) is 11.8 Å². The molecule has 1 aromatic rings. The normalized spacial score (nSPS) is 20.9. The SMILES string of the molecule is CC(C)CNCc1cn(CCN2CCCC(C)CC2)nn1. The van der Waals surface area contributed by atoms with Gasteiger partial charge in [0.25, 0.3) is 0 Å². The van der Waals surface area contributed by atoms with E-state index in [0.29, 0.717) is 5.92 Å². The van der Waals surface area contributed by atoms with Gasteiger partial charge in [0.05, 0.1) is 12.2 Å². The smallest absolute Gasteiger partial charge is 0.0964 e. The van der Waals surface area contributed by atoms with Crippen molar-refractivity contribution >= 4 is 0 Å². The molecule has 2 heterocycles. The fraction of sp³-hybridized carbons (Fsp3) is 0.875. The molecule has 1 aliphatic heterocycles. The molecular formula is C16H31N5. The number of hydrogen-bond acceptors (Lipinski definition) is 4. The number of nitrogens with one attached hydrogen (secondary N) is 1. The Hall–Kier alpha value is -0.940. The first-order valence-corrected chi connectivity index (χ1v) is 8.45. The lowest BCUT2D eigenvalue weighted by molar-refractivity contribution is 0.265. The van der Waals surface area contributed by atoms with Crippen LogP contribution < -0.4 is 5.32 Å². The van der Waals surface area contributed by atoms with Crippen molar-refractivity contribution in [2.24, 2.45) is 11.8 Å². The highest BCUT2D eigenvalue weighted by Crippen LogP contribution is 2.16. The van der Waals surface area contributed by atoms with Crippen LogP contribution in [0.15, 0.2) is 6.20 Å². The van der Waals surface area contributed by atoms with Gasteiger partial charge in [-0.3, -0.25) is 4.68 Å². The Labute approximate surface area is 129 Å². The minimum absolute atomic E-state index is 0.672. The van der Waals surface area contributed by atoms with Crippen molar-refractivity contribution < 1.29 is 0 Å². The summed E-state index contributed by atoms with van der Waals surface area (Å²) in [6, 6.07) is 0. The zero-order valence-electron chi connectivity index (χ0n) is 13.9. The van der Waals surface area contributed by atoms with Crippen molar-refractivity contribution in [3.05, 3.63) is 11.9 Å². The van der Waals surface area contributed by atoms with Crippen LogP contribution in [0.5, 0.6) is 0 Å². The Kier molecular flexibility index (Phi) is 6.64. The largest absolute Gasteiger partial charge is 0.311 e. The lowest BCUT2D eigenvalue weighted by Gasteiger charge is -2.19. The average molecular weight is 293 g/mol. The van der Waals surface area contributed by atoms with Gasteiger partial charge < -0.3 is 10.2 Å². The van der Waals surface area contributed by atoms with Gasteiger partial charge in [-0.25, -0.2) is 0 Å². The van der Waals surface area contributed by atoms with Gasteiger partial charge in [0.15, 0.2) is 0 Å². The topological polar surface area (TPSA) is 46.0 Å². The maximum atomic E-state index is 4.24. The Morgan fingerprint density at radius 3 is 2.95 bits per heavy atom. The molecule has 0 aromatic carbocycles. The van der Waals surface area contributed by atoms with E-state index < -0.39 is 0 Å². The fourth-order valence-electron chi connectivity index (χ4n) is 2.81. The second-order valence-electron chi connectivity index (χ2n) is 6.88. The molecule has 0 amide bonds. The van der Waals surface area contributed by atoms with Gasteiger partial charge in [-0.15, -0.1) is 5.10 Å². The van der Waals surface area contributed by atoms with E-state index in [9.17, 15) is 0 Å². The summed E-state index contributed by atoms with van der Waals surface area (Å²) in [6.45, 7) is 13.2. The highest BCUT2D eigenvalue weighted by molar-refractivity contribution is 4.91. The maximum absolute atomic E-state index is 4.24. The van der Waals surface area contributed by atoms with Crippen LogP contribution in [0.1, 0.15) is 45.7 Å². The molecule has 5 heteroatoms. The molecule has 1 N–H and O–H groups in total. The highest BCUT2D eigenvalue weighted by Gasteiger charge is 2.13. The third kappa shape index (κ3) is 6.14. The Bertz CT molecular complexity index is 401. The van der Waals surface area contributed by atoms with Gasteiger partial charge in [-0.05, 0) is 50.7 Å². The predicted octanol–water partition coefficient (Wildman–Crippen LogP) is 2.15. The van der Waals surface area contributed by atoms with Gasteiger partial charge in [0.1, 0.15) is 0 Å². The predicted molar refractivity (Wildman–Crippen MR) is 86.0 cm³/mol. The first-order valence-electron chi connectivity index (χ1n) is 8.45. The summed E-state index contributed by atoms with van der Waals surface area (Å²) in [6.07, 6.45) is 6.13. The first kappa shape index (κ1) is 16.4. The summed E-state index contributed by atoms with van der Waals surface area (Å²) < 4.78 is 1.99. The van der Waals surface area contributed by atoms with Crippen molar-refractivity contribution in [2.75, 3.05) is 26.2 Å². The Morgan fingerprint density at radius 2 is 2.14 bits per heavy atom. The molecule has 1 fully saturated rings. The summed E-state index contributed by atoms with van der Waals surface area (Å²) in [5.74, 6) is 1.56. The lowest BCUT2D eigenvalue weighted by atomic mass is 10.0. The number of aromatic nitrogens is 3. The van der Waals surface area contributed by atoms with Gasteiger partial charge in [0, 0.05) is 19.3 Å². The summed E-state index contributed by atoms with van der Waals surface area (Å²) in [5, 5.41) is 11.9. The summed E-state index contributed by atoms with van der Waals surface area (Å²) in [5.41, 5.74) is 1.04. The van der Waals surface area contributed by atoms with Crippen LogP contribution in [-0.4, -0.2) is 46.1 Å². The van der Waals surface area contributed by atoms with Crippen molar-refractivity contribution in [1.82, 2.24) is 25.2 Å². The van der Waals surface area contributed by atoms with E-state index in [1.54, 1.807) is 0 Å². The third-order valence-corrected chi connectivity index (χ3v) is 4.20. The second-order valence-corrected chi connectivity index (χ2v) is 6.88. The minimum Gasteiger partial charge on any atom is -0.311 e. The summed E-state index contributed by atoms with van der Waals surface area (Å²) >= 11 is 0. The molecule has 1 unspecified atom stereocenters. The van der Waals surface area contributed by atoms with E-state index in [4.69, 9.17) is 0 Å². The Morgan fingerprint density at radius 1 is 1.29 bits per heavy atom. The first-order chi connectivity index (χ1) is 10.1. The number of hydrogen-bond donors (Lipinski definition) is 1. The highest BCUT2D eigenvalue weighted by atomic mass is 15.4. The van der Waals surface area contributed by atoms with Crippen molar-refractivity contribution in [3.8, 4) is 0 Å². The van der Waals surface area contributed by atoms with E-state index in [1.165, 1.54) is 32.4 Å². The molecule has 0 saturated carbocycles. The molecule has 120 valence electrons. The summed E-state index contributed by atoms with van der Waals surface area (Å²) in [7, 11) is 0. The van der Waals surface area contributed by atoms with Gasteiger partial charge in [0.2, 0.25) is 0 Å². The molecule has 1 atom stereocenters. The fourth-order valence-corrected chi connectivity index (χ4v) is 2.81. The van der Waals surface area contributed by atoms with Gasteiger partial charge >= 0.3 is 0 Å². The number of nitrogens with zero attached hydrogens (tertiary/aromatic N) is 4. The Balaban J connectivity index is 1.69. The van der Waals surface area contributed by atoms with Crippen molar-refractivity contribution in [1.29, 1.82) is 0 Å². The molecule has 2 rings (SSSR count). The van der Waals surface area contributed by atoms with Crippen LogP contribution in [0.2, 0.25) is 0 Å². The van der Waals surface area contributed by atoms with Gasteiger partial charge in [-0.1, -0.05) is 26.0 Å². The molecule has 21 heavy (non-hydrogen) atoms. The molecule has 0 bridgehead atoms. The zero-order chi connectivity index (χ0) is 15.1. The number of rotatable bonds is 7. The van der Waals surface area contributed by atoms with E-state index in [1.807, 2.05) is 4.68 Å². The maximum Gasteiger partial charge on any atom is 0.0964 e. The zero-order valence-corrected chi connectivity index (χ0v) is 13.9. The van der Waals surface area contributed by atoms with Crippen LogP contribution in [0.4, 0.5) is 0 Å². The van der Waals surface area contributed by atoms with E-state index >= 15 is 0 Å². The molecule has 1 saturated heterocycles. The molecule has 5 nitrogen and oxygen atoms in total. The molecular weight excluding hydrogens is 262 g/mol. The quantitative estimate of drug-likeness (QED) is 0.837. The van der Waals surface area contributed by atoms with Crippen molar-refractivity contribution in [2.45, 2.75) is 53.1 Å². The average Bonchev–Trinajstić information content (AvgIpc) is 2.78. The molecule has 0 aliphatic carbocycles. The molecule has 1 aliphatic rings. The van der Waals surface area contributed by atoms with Crippen LogP contribution in [0.25, 0.3) is 0 Å². The number of likely N-dealkylation sites (tertiary alicyclic amines) is 1. The summed E-state index contributed by atoms with van der Waals surface area (Å²) in [4.78, 5) is 2.57.